The number of rotatable bonds is 7. The molecular weight excluding hydrogens is 362 g/mol. The van der Waals surface area contributed by atoms with Crippen LogP contribution >= 0.6 is 11.8 Å². The average molecular weight is 381 g/mol. The largest absolute Gasteiger partial charge is 0.416 e. The normalized spacial score (nSPS) is 19.0. The molecule has 0 bridgehead atoms. The molecule has 1 saturated heterocycles. The van der Waals surface area contributed by atoms with Crippen LogP contribution in [0.1, 0.15) is 23.8 Å². The molecule has 0 spiro atoms. The highest BCUT2D eigenvalue weighted by atomic mass is 32.2. The molecule has 1 aliphatic heterocycles. The zero-order valence-electron chi connectivity index (χ0n) is 13.6. The lowest BCUT2D eigenvalue weighted by molar-refractivity contribution is -0.118. The lowest BCUT2D eigenvalue weighted by atomic mass is 10.1. The highest BCUT2D eigenvalue weighted by molar-refractivity contribution is 7.99. The fraction of sp³-hybridized carbons (Fsp3) is 0.438. The van der Waals surface area contributed by atoms with Crippen LogP contribution in [0.5, 0.6) is 0 Å². The minimum Gasteiger partial charge on any atom is -0.416 e. The van der Waals surface area contributed by atoms with E-state index in [2.05, 4.69) is 15.5 Å². The van der Waals surface area contributed by atoms with Gasteiger partial charge in [-0.3, -0.25) is 4.79 Å². The van der Waals surface area contributed by atoms with Crippen LogP contribution in [0, 0.1) is 0 Å². The van der Waals surface area contributed by atoms with Gasteiger partial charge in [0.1, 0.15) is 0 Å². The zero-order chi connectivity index (χ0) is 17.7. The molecule has 0 radical (unpaired) electrons. The van der Waals surface area contributed by atoms with E-state index in [4.69, 9.17) is 4.42 Å². The van der Waals surface area contributed by atoms with Crippen molar-refractivity contribution in [1.82, 2.24) is 15.5 Å². The Morgan fingerprint density at radius 1 is 1.28 bits per heavy atom. The van der Waals surface area contributed by atoms with Crippen molar-refractivity contribution >= 4 is 27.5 Å². The van der Waals surface area contributed by atoms with Crippen molar-refractivity contribution in [1.29, 1.82) is 0 Å². The summed E-state index contributed by atoms with van der Waals surface area (Å²) in [6, 6.07) is 9.93. The van der Waals surface area contributed by atoms with Gasteiger partial charge in [-0.2, -0.15) is 0 Å². The van der Waals surface area contributed by atoms with Gasteiger partial charge in [-0.15, -0.1) is 10.2 Å². The monoisotopic (exact) mass is 381 g/mol. The quantitative estimate of drug-likeness (QED) is 0.724. The van der Waals surface area contributed by atoms with Crippen molar-refractivity contribution in [3.63, 3.8) is 0 Å². The van der Waals surface area contributed by atoms with E-state index in [0.29, 0.717) is 18.9 Å². The summed E-state index contributed by atoms with van der Waals surface area (Å²) in [6.45, 7) is 0.568. The van der Waals surface area contributed by atoms with E-state index in [-0.39, 0.29) is 34.3 Å². The number of nitrogens with one attached hydrogen (secondary N) is 1. The summed E-state index contributed by atoms with van der Waals surface area (Å²) < 4.78 is 28.5. The van der Waals surface area contributed by atoms with Gasteiger partial charge in [-0.1, -0.05) is 42.1 Å². The van der Waals surface area contributed by atoms with Gasteiger partial charge in [0, 0.05) is 6.54 Å². The number of amides is 1. The number of benzene rings is 1. The van der Waals surface area contributed by atoms with E-state index < -0.39 is 9.84 Å². The van der Waals surface area contributed by atoms with Crippen molar-refractivity contribution in [3.05, 3.63) is 41.8 Å². The number of nitrogens with zero attached hydrogens (tertiary/aromatic N) is 2. The predicted octanol–water partition coefficient (Wildman–Crippen LogP) is 1.42. The Morgan fingerprint density at radius 3 is 2.80 bits per heavy atom. The molecule has 134 valence electrons. The number of hydrogen-bond acceptors (Lipinski definition) is 7. The topological polar surface area (TPSA) is 102 Å². The lowest BCUT2D eigenvalue weighted by Crippen LogP contribution is -2.27. The first-order chi connectivity index (χ1) is 12.0. The van der Waals surface area contributed by atoms with Crippen LogP contribution < -0.4 is 5.32 Å². The third kappa shape index (κ3) is 5.30. The number of carbonyl (C=O) groups is 1. The smallest absolute Gasteiger partial charge is 0.277 e. The molecule has 1 aromatic heterocycles. The van der Waals surface area contributed by atoms with Gasteiger partial charge in [-0.05, 0) is 18.4 Å². The molecule has 1 fully saturated rings. The molecule has 1 aliphatic rings. The van der Waals surface area contributed by atoms with Gasteiger partial charge in [0.25, 0.3) is 5.22 Å². The molecule has 9 heteroatoms. The Hall–Kier alpha value is -1.87. The van der Waals surface area contributed by atoms with Crippen molar-refractivity contribution in [2.24, 2.45) is 0 Å². The van der Waals surface area contributed by atoms with E-state index >= 15 is 0 Å². The van der Waals surface area contributed by atoms with E-state index in [1.165, 1.54) is 5.56 Å². The van der Waals surface area contributed by atoms with Crippen LogP contribution in [-0.2, 0) is 21.1 Å². The maximum absolute atomic E-state index is 11.9. The number of hydrogen-bond donors (Lipinski definition) is 1. The van der Waals surface area contributed by atoms with Crippen LogP contribution in [0.15, 0.2) is 40.0 Å². The average Bonchev–Trinajstić information content (AvgIpc) is 3.20. The molecule has 1 atom stereocenters. The summed E-state index contributed by atoms with van der Waals surface area (Å²) in [4.78, 5) is 11.9. The van der Waals surface area contributed by atoms with Crippen molar-refractivity contribution in [2.45, 2.75) is 24.0 Å². The summed E-state index contributed by atoms with van der Waals surface area (Å²) in [6.07, 6.45) is 1.28. The van der Waals surface area contributed by atoms with Crippen LogP contribution in [0.2, 0.25) is 0 Å². The molecule has 3 rings (SSSR count). The minimum atomic E-state index is -2.99. The highest BCUT2D eigenvalue weighted by Gasteiger charge is 2.32. The molecule has 1 aromatic carbocycles. The van der Waals surface area contributed by atoms with Gasteiger partial charge < -0.3 is 9.73 Å². The van der Waals surface area contributed by atoms with Crippen molar-refractivity contribution < 1.29 is 17.6 Å². The molecular formula is C16H19N3O4S2. The van der Waals surface area contributed by atoms with Crippen molar-refractivity contribution in [2.75, 3.05) is 23.8 Å². The maximum Gasteiger partial charge on any atom is 0.277 e. The Bertz CT molecular complexity index is 821. The molecule has 2 aromatic rings. The summed E-state index contributed by atoms with van der Waals surface area (Å²) >= 11 is 1.15. The lowest BCUT2D eigenvalue weighted by Gasteiger charge is -2.04. The third-order valence-corrected chi connectivity index (χ3v) is 6.50. The summed E-state index contributed by atoms with van der Waals surface area (Å²) in [5.74, 6) is 0.397. The second-order valence-corrected chi connectivity index (χ2v) is 9.04. The zero-order valence-corrected chi connectivity index (χ0v) is 15.2. The number of sulfone groups is 1. The minimum absolute atomic E-state index is 0.0548. The van der Waals surface area contributed by atoms with Crippen molar-refractivity contribution in [3.8, 4) is 0 Å². The fourth-order valence-corrected chi connectivity index (χ4v) is 4.93. The maximum atomic E-state index is 11.9. The second kappa shape index (κ2) is 8.01. The van der Waals surface area contributed by atoms with Crippen LogP contribution in [0.25, 0.3) is 0 Å². The van der Waals surface area contributed by atoms with E-state index in [9.17, 15) is 13.2 Å². The van der Waals surface area contributed by atoms with Crippen LogP contribution in [0.4, 0.5) is 0 Å². The Balaban J connectivity index is 1.40. The Kier molecular flexibility index (Phi) is 5.74. The predicted molar refractivity (Wildman–Crippen MR) is 94.2 cm³/mol. The molecule has 7 nitrogen and oxygen atoms in total. The molecule has 25 heavy (non-hydrogen) atoms. The van der Waals surface area contributed by atoms with E-state index in [1.807, 2.05) is 30.3 Å². The summed E-state index contributed by atoms with van der Waals surface area (Å²) in [5.41, 5.74) is 1.17. The van der Waals surface area contributed by atoms with E-state index in [0.717, 1.165) is 18.2 Å². The van der Waals surface area contributed by atoms with Crippen LogP contribution in [-0.4, -0.2) is 48.3 Å². The first kappa shape index (κ1) is 17.9. The first-order valence-corrected chi connectivity index (χ1v) is 10.8. The first-order valence-electron chi connectivity index (χ1n) is 7.99. The van der Waals surface area contributed by atoms with E-state index in [1.54, 1.807) is 0 Å². The fourth-order valence-electron chi connectivity index (χ4n) is 2.60. The Labute approximate surface area is 150 Å². The molecule has 1 amide bonds. The number of aromatic nitrogens is 2. The summed E-state index contributed by atoms with van der Waals surface area (Å²) in [5, 5.41) is 10.9. The van der Waals surface area contributed by atoms with Gasteiger partial charge in [0.2, 0.25) is 11.8 Å². The SMILES string of the molecule is O=C(CSc1nnc(C2CCS(=O)(=O)C2)o1)NCCc1ccccc1. The van der Waals surface area contributed by atoms with Gasteiger partial charge in [0.05, 0.1) is 23.2 Å². The van der Waals surface area contributed by atoms with Crippen LogP contribution in [0.3, 0.4) is 0 Å². The number of carbonyl (C=O) groups excluding carboxylic acids is 1. The van der Waals surface area contributed by atoms with Gasteiger partial charge >= 0.3 is 0 Å². The summed E-state index contributed by atoms with van der Waals surface area (Å²) in [7, 11) is -2.99. The second-order valence-electron chi connectivity index (χ2n) is 5.88. The highest BCUT2D eigenvalue weighted by Crippen LogP contribution is 2.29. The Morgan fingerprint density at radius 2 is 2.08 bits per heavy atom. The molecule has 1 N–H and O–H groups in total. The molecule has 2 heterocycles. The van der Waals surface area contributed by atoms with Gasteiger partial charge in [0.15, 0.2) is 9.84 Å². The standard InChI is InChI=1S/C16H19N3O4S2/c20-14(17-8-6-12-4-2-1-3-5-12)10-24-16-19-18-15(23-16)13-7-9-25(21,22)11-13/h1-5,13H,6-11H2,(H,17,20). The van der Waals surface area contributed by atoms with Gasteiger partial charge in [-0.25, -0.2) is 8.42 Å². The molecule has 0 aliphatic carbocycles. The molecule has 0 saturated carbocycles. The number of thioether (sulfide) groups is 1. The molecule has 1 unspecified atom stereocenters. The third-order valence-electron chi connectivity index (χ3n) is 3.91.